The van der Waals surface area contributed by atoms with E-state index in [9.17, 15) is 15.3 Å². The lowest BCUT2D eigenvalue weighted by Crippen LogP contribution is -2.48. The van der Waals surface area contributed by atoms with Crippen LogP contribution in [0.5, 0.6) is 0 Å². The number of nitrogens with zero attached hydrogens (tertiary/aromatic N) is 4. The molecule has 0 aliphatic carbocycles. The summed E-state index contributed by atoms with van der Waals surface area (Å²) in [5.74, 6) is 0.0374. The van der Waals surface area contributed by atoms with Crippen molar-refractivity contribution in [2.24, 2.45) is 11.5 Å². The van der Waals surface area contributed by atoms with Crippen molar-refractivity contribution < 1.29 is 4.79 Å². The van der Waals surface area contributed by atoms with Gasteiger partial charge in [-0.1, -0.05) is 49.0 Å². The zero-order valence-corrected chi connectivity index (χ0v) is 18.6. The van der Waals surface area contributed by atoms with Crippen LogP contribution < -0.4 is 16.4 Å². The lowest BCUT2D eigenvalue weighted by atomic mass is 9.90. The zero-order chi connectivity index (χ0) is 22.6. The minimum atomic E-state index is -0.694. The number of rotatable bonds is 6. The maximum atomic E-state index is 12.3. The fraction of sp³-hybridized carbons (Fsp3) is 0.391. The standard InChI is InChI=1S/C23H26N6OS/c1-3-16-17(13-24)21(29-11-9-23(2,27)10-12-29)28-22(18(16)14-25)31-19(20(26)30)15-7-5-4-6-8-15/h4-8,19H,3,9-12,27H2,1-2H3,(H2,26,30)/t19-/m0/s1. The number of nitriles is 2. The second kappa shape index (κ2) is 9.38. The van der Waals surface area contributed by atoms with Gasteiger partial charge in [-0.2, -0.15) is 10.5 Å². The highest BCUT2D eigenvalue weighted by Gasteiger charge is 2.31. The molecule has 4 N–H and O–H groups in total. The highest BCUT2D eigenvalue weighted by molar-refractivity contribution is 8.00. The summed E-state index contributed by atoms with van der Waals surface area (Å²) >= 11 is 1.16. The fourth-order valence-electron chi connectivity index (χ4n) is 3.76. The van der Waals surface area contributed by atoms with E-state index >= 15 is 0 Å². The number of piperidine rings is 1. The average Bonchev–Trinajstić information content (AvgIpc) is 2.76. The number of amides is 1. The Hall–Kier alpha value is -3.07. The molecule has 1 aromatic carbocycles. The zero-order valence-electron chi connectivity index (χ0n) is 17.8. The van der Waals surface area contributed by atoms with E-state index in [-0.39, 0.29) is 5.54 Å². The second-order valence-electron chi connectivity index (χ2n) is 8.00. The Labute approximate surface area is 187 Å². The number of anilines is 1. The van der Waals surface area contributed by atoms with Crippen LogP contribution in [0.25, 0.3) is 0 Å². The van der Waals surface area contributed by atoms with Crippen LogP contribution in [0.15, 0.2) is 35.4 Å². The van der Waals surface area contributed by atoms with Crippen LogP contribution in [-0.2, 0) is 11.2 Å². The van der Waals surface area contributed by atoms with Gasteiger partial charge in [-0.25, -0.2) is 4.98 Å². The summed E-state index contributed by atoms with van der Waals surface area (Å²) in [6.07, 6.45) is 2.05. The predicted molar refractivity (Wildman–Crippen MR) is 121 cm³/mol. The fourth-order valence-corrected chi connectivity index (χ4v) is 4.82. The van der Waals surface area contributed by atoms with Gasteiger partial charge in [0, 0.05) is 18.6 Å². The summed E-state index contributed by atoms with van der Waals surface area (Å²) in [4.78, 5) is 19.0. The van der Waals surface area contributed by atoms with Gasteiger partial charge in [0.2, 0.25) is 5.91 Å². The number of carbonyl (C=O) groups excluding carboxylic acids is 1. The lowest BCUT2D eigenvalue weighted by molar-refractivity contribution is -0.117. The van der Waals surface area contributed by atoms with Crippen molar-refractivity contribution in [3.05, 3.63) is 52.6 Å². The summed E-state index contributed by atoms with van der Waals surface area (Å²) in [5.41, 5.74) is 13.9. The SMILES string of the molecule is CCc1c(C#N)c(S[C@H](C(N)=O)c2ccccc2)nc(N2CCC(C)(N)CC2)c1C#N. The Kier molecular flexibility index (Phi) is 6.84. The molecule has 2 heterocycles. The molecule has 0 spiro atoms. The van der Waals surface area contributed by atoms with Gasteiger partial charge in [0.1, 0.15) is 28.2 Å². The molecular weight excluding hydrogens is 408 g/mol. The van der Waals surface area contributed by atoms with Crippen LogP contribution in [0.2, 0.25) is 0 Å². The third-order valence-corrected chi connectivity index (χ3v) is 6.88. The van der Waals surface area contributed by atoms with E-state index < -0.39 is 11.2 Å². The number of aromatic nitrogens is 1. The monoisotopic (exact) mass is 434 g/mol. The van der Waals surface area contributed by atoms with Gasteiger partial charge in [0.05, 0.1) is 11.1 Å². The number of thioether (sulfide) groups is 1. The predicted octanol–water partition coefficient (Wildman–Crippen LogP) is 3.02. The van der Waals surface area contributed by atoms with E-state index in [1.807, 2.05) is 44.2 Å². The molecule has 1 aliphatic rings. The van der Waals surface area contributed by atoms with Crippen molar-refractivity contribution >= 4 is 23.5 Å². The molecular formula is C23H26N6OS. The first-order chi connectivity index (χ1) is 14.8. The first kappa shape index (κ1) is 22.6. The molecule has 8 heteroatoms. The number of hydrogen-bond donors (Lipinski definition) is 2. The number of hydrogen-bond acceptors (Lipinski definition) is 7. The van der Waals surface area contributed by atoms with Crippen molar-refractivity contribution in [3.8, 4) is 12.1 Å². The minimum Gasteiger partial charge on any atom is -0.368 e. The first-order valence-electron chi connectivity index (χ1n) is 10.2. The molecule has 1 fully saturated rings. The third kappa shape index (κ3) is 4.82. The molecule has 31 heavy (non-hydrogen) atoms. The van der Waals surface area contributed by atoms with E-state index in [2.05, 4.69) is 17.0 Å². The highest BCUT2D eigenvalue weighted by atomic mass is 32.2. The summed E-state index contributed by atoms with van der Waals surface area (Å²) in [6, 6.07) is 13.6. The van der Waals surface area contributed by atoms with E-state index in [0.717, 1.165) is 30.2 Å². The number of primary amides is 1. The van der Waals surface area contributed by atoms with E-state index in [4.69, 9.17) is 16.5 Å². The van der Waals surface area contributed by atoms with Crippen molar-refractivity contribution in [1.82, 2.24) is 4.98 Å². The van der Waals surface area contributed by atoms with E-state index in [0.29, 0.717) is 47.0 Å². The average molecular weight is 435 g/mol. The van der Waals surface area contributed by atoms with Crippen LogP contribution in [0.3, 0.4) is 0 Å². The molecule has 160 valence electrons. The Bertz CT molecular complexity index is 1040. The van der Waals surface area contributed by atoms with E-state index in [1.165, 1.54) is 0 Å². The number of pyridine rings is 1. The second-order valence-corrected chi connectivity index (χ2v) is 9.09. The van der Waals surface area contributed by atoms with Gasteiger partial charge in [-0.15, -0.1) is 0 Å². The van der Waals surface area contributed by atoms with Gasteiger partial charge in [-0.05, 0) is 37.3 Å². The lowest BCUT2D eigenvalue weighted by Gasteiger charge is -2.38. The molecule has 1 aromatic heterocycles. The molecule has 2 aromatic rings. The van der Waals surface area contributed by atoms with Crippen LogP contribution in [0, 0.1) is 22.7 Å². The molecule has 0 radical (unpaired) electrons. The van der Waals surface area contributed by atoms with Gasteiger partial charge >= 0.3 is 0 Å². The molecule has 1 saturated heterocycles. The van der Waals surface area contributed by atoms with Crippen LogP contribution in [0.4, 0.5) is 5.82 Å². The quantitative estimate of drug-likeness (QED) is 0.668. The Morgan fingerprint density at radius 2 is 1.84 bits per heavy atom. The highest BCUT2D eigenvalue weighted by Crippen LogP contribution is 2.40. The molecule has 1 amide bonds. The smallest absolute Gasteiger partial charge is 0.235 e. The number of benzene rings is 1. The molecule has 7 nitrogen and oxygen atoms in total. The topological polar surface area (TPSA) is 133 Å². The summed E-state index contributed by atoms with van der Waals surface area (Å²) in [6.45, 7) is 5.28. The van der Waals surface area contributed by atoms with Gasteiger partial charge in [0.15, 0.2) is 0 Å². The first-order valence-corrected chi connectivity index (χ1v) is 11.1. The molecule has 1 atom stereocenters. The van der Waals surface area contributed by atoms with Crippen molar-refractivity contribution in [2.45, 2.75) is 48.9 Å². The minimum absolute atomic E-state index is 0.245. The van der Waals surface area contributed by atoms with Crippen LogP contribution in [0.1, 0.15) is 54.2 Å². The summed E-state index contributed by atoms with van der Waals surface area (Å²) in [7, 11) is 0. The molecule has 1 aliphatic heterocycles. The van der Waals surface area contributed by atoms with Gasteiger partial charge < -0.3 is 16.4 Å². The molecule has 0 bridgehead atoms. The maximum Gasteiger partial charge on any atom is 0.235 e. The normalized spacial score (nSPS) is 16.2. The van der Waals surface area contributed by atoms with Gasteiger partial charge in [0.25, 0.3) is 0 Å². The Morgan fingerprint density at radius 3 is 2.35 bits per heavy atom. The number of carbonyl (C=O) groups is 1. The maximum absolute atomic E-state index is 12.3. The number of nitrogens with two attached hydrogens (primary N) is 2. The largest absolute Gasteiger partial charge is 0.368 e. The van der Waals surface area contributed by atoms with Crippen molar-refractivity contribution in [1.29, 1.82) is 10.5 Å². The Balaban J connectivity index is 2.10. The van der Waals surface area contributed by atoms with Crippen LogP contribution >= 0.6 is 11.8 Å². The van der Waals surface area contributed by atoms with Crippen LogP contribution in [-0.4, -0.2) is 29.5 Å². The van der Waals surface area contributed by atoms with Crippen molar-refractivity contribution in [3.63, 3.8) is 0 Å². The summed E-state index contributed by atoms with van der Waals surface area (Å²) < 4.78 is 0. The molecule has 0 unspecified atom stereocenters. The third-order valence-electron chi connectivity index (χ3n) is 5.62. The molecule has 3 rings (SSSR count). The summed E-state index contributed by atoms with van der Waals surface area (Å²) in [5, 5.41) is 19.5. The molecule has 0 saturated carbocycles. The van der Waals surface area contributed by atoms with Crippen molar-refractivity contribution in [2.75, 3.05) is 18.0 Å². The Morgan fingerprint density at radius 1 is 1.23 bits per heavy atom. The van der Waals surface area contributed by atoms with Gasteiger partial charge in [-0.3, -0.25) is 4.79 Å². The van der Waals surface area contributed by atoms with E-state index in [1.54, 1.807) is 0 Å².